The first-order valence-electron chi connectivity index (χ1n) is 6.52. The van der Waals surface area contributed by atoms with Crippen molar-refractivity contribution >= 4 is 6.29 Å². The van der Waals surface area contributed by atoms with Crippen molar-refractivity contribution in [1.82, 2.24) is 9.78 Å². The maximum atomic E-state index is 12.9. The van der Waals surface area contributed by atoms with Gasteiger partial charge in [0, 0.05) is 12.1 Å². The van der Waals surface area contributed by atoms with Crippen molar-refractivity contribution in [2.24, 2.45) is 0 Å². The van der Waals surface area contributed by atoms with Crippen molar-refractivity contribution < 1.29 is 9.18 Å². The lowest BCUT2D eigenvalue weighted by molar-refractivity contribution is 0.112. The van der Waals surface area contributed by atoms with Crippen molar-refractivity contribution in [1.29, 1.82) is 0 Å². The third-order valence-electron chi connectivity index (χ3n) is 3.19. The minimum atomic E-state index is -0.261. The molecule has 0 aliphatic heterocycles. The van der Waals surface area contributed by atoms with Crippen LogP contribution in [0.2, 0.25) is 0 Å². The van der Waals surface area contributed by atoms with Gasteiger partial charge in [0.05, 0.1) is 17.8 Å². The van der Waals surface area contributed by atoms with Gasteiger partial charge in [-0.05, 0) is 24.1 Å². The quantitative estimate of drug-likeness (QED) is 0.595. The molecule has 1 aromatic carbocycles. The van der Waals surface area contributed by atoms with Gasteiger partial charge >= 0.3 is 0 Å². The molecular weight excluding hydrogens is 255 g/mol. The lowest BCUT2D eigenvalue weighted by Gasteiger charge is -2.06. The number of benzene rings is 1. The van der Waals surface area contributed by atoms with E-state index in [4.69, 9.17) is 0 Å². The van der Waals surface area contributed by atoms with Crippen LogP contribution in [0.15, 0.2) is 43.1 Å². The van der Waals surface area contributed by atoms with Gasteiger partial charge in [-0.2, -0.15) is 5.10 Å². The largest absolute Gasteiger partial charge is 0.298 e. The monoisotopic (exact) mass is 272 g/mol. The summed E-state index contributed by atoms with van der Waals surface area (Å²) in [6.07, 6.45) is 5.14. The number of allylic oxidation sites excluding steroid dienone is 1. The van der Waals surface area contributed by atoms with Crippen LogP contribution in [-0.4, -0.2) is 16.1 Å². The Bertz CT molecular complexity index is 601. The molecule has 2 aromatic rings. The fourth-order valence-corrected chi connectivity index (χ4v) is 2.15. The van der Waals surface area contributed by atoms with Crippen LogP contribution in [0.3, 0.4) is 0 Å². The average Bonchev–Trinajstić information content (AvgIpc) is 2.85. The molecule has 0 bridgehead atoms. The molecule has 1 aromatic heterocycles. The van der Waals surface area contributed by atoms with E-state index in [0.29, 0.717) is 12.1 Å². The number of halogens is 1. The van der Waals surface area contributed by atoms with E-state index in [-0.39, 0.29) is 11.7 Å². The van der Waals surface area contributed by atoms with Crippen LogP contribution in [0, 0.1) is 5.82 Å². The van der Waals surface area contributed by atoms with Crippen LogP contribution in [0.4, 0.5) is 4.39 Å². The zero-order valence-electron chi connectivity index (χ0n) is 11.4. The van der Waals surface area contributed by atoms with E-state index in [1.54, 1.807) is 23.0 Å². The summed E-state index contributed by atoms with van der Waals surface area (Å²) in [6, 6.07) is 6.26. The molecule has 0 aliphatic carbocycles. The van der Waals surface area contributed by atoms with Crippen molar-refractivity contribution in [2.75, 3.05) is 0 Å². The molecule has 1 heterocycles. The van der Waals surface area contributed by atoms with Gasteiger partial charge in [-0.1, -0.05) is 25.1 Å². The van der Waals surface area contributed by atoms with Gasteiger partial charge in [0.1, 0.15) is 5.82 Å². The van der Waals surface area contributed by atoms with Crippen molar-refractivity contribution in [2.45, 2.75) is 25.8 Å². The summed E-state index contributed by atoms with van der Waals surface area (Å²) in [5, 5.41) is 4.46. The topological polar surface area (TPSA) is 34.9 Å². The van der Waals surface area contributed by atoms with Crippen LogP contribution in [0.1, 0.15) is 40.9 Å². The normalized spacial score (nSPS) is 12.1. The highest BCUT2D eigenvalue weighted by Crippen LogP contribution is 2.21. The molecule has 0 spiro atoms. The number of carbonyl (C=O) groups excluding carboxylic acids is 1. The highest BCUT2D eigenvalue weighted by atomic mass is 19.1. The Hall–Kier alpha value is -2.23. The van der Waals surface area contributed by atoms with Gasteiger partial charge in [-0.3, -0.25) is 9.48 Å². The van der Waals surface area contributed by atoms with Crippen molar-refractivity contribution in [3.8, 4) is 0 Å². The standard InChI is InChI=1S/C16H17FN2O/c1-3-4-12(2)16-14(11-20)10-19(18-16)9-13-5-7-15(17)8-6-13/h3,5-8,10-12H,1,4,9H2,2H3. The molecule has 104 valence electrons. The minimum absolute atomic E-state index is 0.155. The Morgan fingerprint density at radius 2 is 2.10 bits per heavy atom. The molecule has 20 heavy (non-hydrogen) atoms. The number of rotatable bonds is 6. The second-order valence-corrected chi connectivity index (χ2v) is 4.84. The maximum absolute atomic E-state index is 12.9. The Labute approximate surface area is 117 Å². The van der Waals surface area contributed by atoms with E-state index in [1.807, 2.05) is 13.0 Å². The van der Waals surface area contributed by atoms with Crippen LogP contribution in [0.5, 0.6) is 0 Å². The Morgan fingerprint density at radius 1 is 1.40 bits per heavy atom. The molecule has 2 rings (SSSR count). The number of hydrogen-bond donors (Lipinski definition) is 0. The average molecular weight is 272 g/mol. The first-order valence-corrected chi connectivity index (χ1v) is 6.52. The number of aldehydes is 1. The van der Waals surface area contributed by atoms with Gasteiger partial charge in [0.2, 0.25) is 0 Å². The summed E-state index contributed by atoms with van der Waals surface area (Å²) in [5.41, 5.74) is 2.32. The third kappa shape index (κ3) is 3.20. The molecule has 0 fully saturated rings. The molecular formula is C16H17FN2O. The molecule has 0 amide bonds. The molecule has 4 heteroatoms. The van der Waals surface area contributed by atoms with E-state index in [2.05, 4.69) is 11.7 Å². The zero-order valence-corrected chi connectivity index (χ0v) is 11.4. The molecule has 0 saturated heterocycles. The Kier molecular flexibility index (Phi) is 4.45. The number of carbonyl (C=O) groups is 1. The van der Waals surface area contributed by atoms with Gasteiger partial charge in [-0.15, -0.1) is 6.58 Å². The number of hydrogen-bond acceptors (Lipinski definition) is 2. The molecule has 0 aliphatic rings. The molecule has 1 atom stereocenters. The fraction of sp³-hybridized carbons (Fsp3) is 0.250. The Morgan fingerprint density at radius 3 is 2.70 bits per heavy atom. The summed E-state index contributed by atoms with van der Waals surface area (Å²) in [5.74, 6) is -0.106. The van der Waals surface area contributed by atoms with E-state index in [0.717, 1.165) is 24.0 Å². The van der Waals surface area contributed by atoms with E-state index >= 15 is 0 Å². The molecule has 0 saturated carbocycles. The molecule has 3 nitrogen and oxygen atoms in total. The predicted octanol–water partition coefficient (Wildman–Crippen LogP) is 3.56. The summed E-state index contributed by atoms with van der Waals surface area (Å²) in [6.45, 7) is 6.23. The summed E-state index contributed by atoms with van der Waals surface area (Å²) in [7, 11) is 0. The van der Waals surface area contributed by atoms with Gasteiger partial charge in [0.15, 0.2) is 6.29 Å². The summed E-state index contributed by atoms with van der Waals surface area (Å²) < 4.78 is 14.6. The first kappa shape index (κ1) is 14.2. The van der Waals surface area contributed by atoms with E-state index in [9.17, 15) is 9.18 Å². The van der Waals surface area contributed by atoms with Crippen LogP contribution in [0.25, 0.3) is 0 Å². The van der Waals surface area contributed by atoms with Crippen LogP contribution < -0.4 is 0 Å². The predicted molar refractivity (Wildman–Crippen MR) is 76.3 cm³/mol. The van der Waals surface area contributed by atoms with Crippen molar-refractivity contribution in [3.05, 3.63) is 65.8 Å². The molecule has 0 radical (unpaired) electrons. The molecule has 1 unspecified atom stereocenters. The number of nitrogens with zero attached hydrogens (tertiary/aromatic N) is 2. The van der Waals surface area contributed by atoms with E-state index in [1.165, 1.54) is 12.1 Å². The van der Waals surface area contributed by atoms with E-state index < -0.39 is 0 Å². The summed E-state index contributed by atoms with van der Waals surface area (Å²) in [4.78, 5) is 11.1. The molecule has 0 N–H and O–H groups in total. The Balaban J connectivity index is 2.22. The SMILES string of the molecule is C=CCC(C)c1nn(Cc2ccc(F)cc2)cc1C=O. The second kappa shape index (κ2) is 6.28. The number of aromatic nitrogens is 2. The highest BCUT2D eigenvalue weighted by molar-refractivity contribution is 5.76. The zero-order chi connectivity index (χ0) is 14.5. The second-order valence-electron chi connectivity index (χ2n) is 4.84. The first-order chi connectivity index (χ1) is 9.63. The smallest absolute Gasteiger partial charge is 0.153 e. The van der Waals surface area contributed by atoms with Crippen LogP contribution in [-0.2, 0) is 6.54 Å². The van der Waals surface area contributed by atoms with Crippen molar-refractivity contribution in [3.63, 3.8) is 0 Å². The lowest BCUT2D eigenvalue weighted by Crippen LogP contribution is -2.02. The van der Waals surface area contributed by atoms with Crippen LogP contribution >= 0.6 is 0 Å². The fourth-order valence-electron chi connectivity index (χ4n) is 2.15. The van der Waals surface area contributed by atoms with Gasteiger partial charge in [0.25, 0.3) is 0 Å². The maximum Gasteiger partial charge on any atom is 0.153 e. The van der Waals surface area contributed by atoms with Gasteiger partial charge in [-0.25, -0.2) is 4.39 Å². The lowest BCUT2D eigenvalue weighted by atomic mass is 10.0. The summed E-state index contributed by atoms with van der Waals surface area (Å²) >= 11 is 0. The van der Waals surface area contributed by atoms with Gasteiger partial charge < -0.3 is 0 Å². The minimum Gasteiger partial charge on any atom is -0.298 e. The third-order valence-corrected chi connectivity index (χ3v) is 3.19. The highest BCUT2D eigenvalue weighted by Gasteiger charge is 2.14.